The first-order valence-electron chi connectivity index (χ1n) is 6.16. The quantitative estimate of drug-likeness (QED) is 0.839. The Labute approximate surface area is 113 Å². The van der Waals surface area contributed by atoms with Gasteiger partial charge in [0.1, 0.15) is 6.07 Å². The molecule has 1 aromatic rings. The first kappa shape index (κ1) is 14.0. The number of rotatable bonds is 5. The van der Waals surface area contributed by atoms with Crippen LogP contribution >= 0.6 is 0 Å². The zero-order valence-corrected chi connectivity index (χ0v) is 11.6. The van der Waals surface area contributed by atoms with Crippen molar-refractivity contribution in [1.29, 1.82) is 5.26 Å². The van der Waals surface area contributed by atoms with Crippen molar-refractivity contribution < 1.29 is 8.42 Å². The first-order chi connectivity index (χ1) is 8.93. The number of nitrogens with one attached hydrogen (secondary N) is 1. The molecule has 1 fully saturated rings. The smallest absolute Gasteiger partial charge is 0.242 e. The molecular formula is C13H17N3O2S. The van der Waals surface area contributed by atoms with E-state index in [-0.39, 0.29) is 22.9 Å². The third-order valence-corrected chi connectivity index (χ3v) is 5.24. The fourth-order valence-electron chi connectivity index (χ4n) is 2.17. The Kier molecular flexibility index (Phi) is 3.63. The standard InChI is InChI=1S/C13H17N3O2S/c1-13(9-15,11-6-7-11)16-19(17,18)12-5-3-2-4-10(12)8-14/h2-5,11,16H,6-7,9,15H2,1H3. The molecule has 6 heteroatoms. The summed E-state index contributed by atoms with van der Waals surface area (Å²) in [7, 11) is -3.73. The minimum atomic E-state index is -3.73. The van der Waals surface area contributed by atoms with Crippen molar-refractivity contribution in [3.63, 3.8) is 0 Å². The van der Waals surface area contributed by atoms with Gasteiger partial charge < -0.3 is 5.73 Å². The number of nitrogens with two attached hydrogens (primary N) is 1. The summed E-state index contributed by atoms with van der Waals surface area (Å²) in [6.07, 6.45) is 1.96. The van der Waals surface area contributed by atoms with Gasteiger partial charge in [-0.25, -0.2) is 13.1 Å². The van der Waals surface area contributed by atoms with E-state index in [1.807, 2.05) is 13.0 Å². The topological polar surface area (TPSA) is 96.0 Å². The molecule has 102 valence electrons. The van der Waals surface area contributed by atoms with Gasteiger partial charge in [0.05, 0.1) is 10.5 Å². The molecule has 0 radical (unpaired) electrons. The van der Waals surface area contributed by atoms with E-state index >= 15 is 0 Å². The van der Waals surface area contributed by atoms with Gasteiger partial charge in [0.25, 0.3) is 0 Å². The molecule has 1 aromatic carbocycles. The number of nitrogens with zero attached hydrogens (tertiary/aromatic N) is 1. The van der Waals surface area contributed by atoms with Gasteiger partial charge in [0.2, 0.25) is 10.0 Å². The minimum absolute atomic E-state index is 0.0119. The van der Waals surface area contributed by atoms with Crippen LogP contribution < -0.4 is 10.5 Å². The zero-order valence-electron chi connectivity index (χ0n) is 10.8. The Morgan fingerprint density at radius 3 is 2.63 bits per heavy atom. The normalized spacial score (nSPS) is 18.6. The van der Waals surface area contributed by atoms with Gasteiger partial charge in [-0.2, -0.15) is 5.26 Å². The largest absolute Gasteiger partial charge is 0.329 e. The van der Waals surface area contributed by atoms with Gasteiger partial charge in [-0.3, -0.25) is 0 Å². The van der Waals surface area contributed by atoms with E-state index in [0.717, 1.165) is 12.8 Å². The zero-order chi connectivity index (χ0) is 14.1. The molecule has 5 nitrogen and oxygen atoms in total. The Morgan fingerprint density at radius 1 is 1.47 bits per heavy atom. The lowest BCUT2D eigenvalue weighted by Gasteiger charge is -2.29. The lowest BCUT2D eigenvalue weighted by atomic mass is 9.98. The van der Waals surface area contributed by atoms with E-state index in [1.54, 1.807) is 12.1 Å². The van der Waals surface area contributed by atoms with E-state index in [1.165, 1.54) is 12.1 Å². The summed E-state index contributed by atoms with van der Waals surface area (Å²) in [6.45, 7) is 2.06. The molecule has 0 bridgehead atoms. The number of nitriles is 1. The summed E-state index contributed by atoms with van der Waals surface area (Å²) in [5.41, 5.74) is 5.22. The maximum Gasteiger partial charge on any atom is 0.242 e. The Hall–Kier alpha value is -1.42. The van der Waals surface area contributed by atoms with Crippen molar-refractivity contribution in [1.82, 2.24) is 4.72 Å². The van der Waals surface area contributed by atoms with Gasteiger partial charge in [-0.1, -0.05) is 12.1 Å². The van der Waals surface area contributed by atoms with Crippen LogP contribution in [0.15, 0.2) is 29.2 Å². The second kappa shape index (κ2) is 4.93. The third kappa shape index (κ3) is 2.78. The lowest BCUT2D eigenvalue weighted by molar-refractivity contribution is 0.374. The average Bonchev–Trinajstić information content (AvgIpc) is 3.22. The van der Waals surface area contributed by atoms with E-state index in [0.29, 0.717) is 0 Å². The molecule has 2 rings (SSSR count). The molecule has 0 aromatic heterocycles. The molecule has 1 atom stereocenters. The number of benzene rings is 1. The van der Waals surface area contributed by atoms with E-state index in [9.17, 15) is 8.42 Å². The van der Waals surface area contributed by atoms with Crippen LogP contribution in [0.1, 0.15) is 25.3 Å². The lowest BCUT2D eigenvalue weighted by Crippen LogP contribution is -2.53. The van der Waals surface area contributed by atoms with Crippen LogP contribution in [0.2, 0.25) is 0 Å². The van der Waals surface area contributed by atoms with Crippen LogP contribution in [0.3, 0.4) is 0 Å². The highest BCUT2D eigenvalue weighted by atomic mass is 32.2. The van der Waals surface area contributed by atoms with E-state index in [4.69, 9.17) is 11.0 Å². The SMILES string of the molecule is CC(CN)(NS(=O)(=O)c1ccccc1C#N)C1CC1. The molecule has 1 aliphatic rings. The second-order valence-electron chi connectivity index (χ2n) is 5.11. The maximum atomic E-state index is 12.4. The van der Waals surface area contributed by atoms with Gasteiger partial charge in [-0.15, -0.1) is 0 Å². The predicted molar refractivity (Wildman–Crippen MR) is 71.7 cm³/mol. The Balaban J connectivity index is 2.35. The number of sulfonamides is 1. The van der Waals surface area contributed by atoms with Gasteiger partial charge in [-0.05, 0) is 37.8 Å². The molecule has 1 unspecified atom stereocenters. The minimum Gasteiger partial charge on any atom is -0.329 e. The van der Waals surface area contributed by atoms with Gasteiger partial charge >= 0.3 is 0 Å². The average molecular weight is 279 g/mol. The summed E-state index contributed by atoms with van der Waals surface area (Å²) < 4.78 is 27.5. The molecule has 1 aliphatic carbocycles. The van der Waals surface area contributed by atoms with Crippen molar-refractivity contribution in [3.8, 4) is 6.07 Å². The highest BCUT2D eigenvalue weighted by Gasteiger charge is 2.43. The van der Waals surface area contributed by atoms with Crippen molar-refractivity contribution in [2.24, 2.45) is 11.7 Å². The van der Waals surface area contributed by atoms with E-state index in [2.05, 4.69) is 4.72 Å². The predicted octanol–water partition coefficient (Wildman–Crippen LogP) is 0.964. The third-order valence-electron chi connectivity index (χ3n) is 3.57. The van der Waals surface area contributed by atoms with Crippen molar-refractivity contribution in [3.05, 3.63) is 29.8 Å². The molecule has 1 saturated carbocycles. The summed E-state index contributed by atoms with van der Waals surface area (Å²) >= 11 is 0. The summed E-state index contributed by atoms with van der Waals surface area (Å²) in [6, 6.07) is 8.07. The van der Waals surface area contributed by atoms with Crippen molar-refractivity contribution >= 4 is 10.0 Å². The van der Waals surface area contributed by atoms with Gasteiger partial charge in [0.15, 0.2) is 0 Å². The summed E-state index contributed by atoms with van der Waals surface area (Å²) in [5, 5.41) is 8.99. The molecule has 0 amide bonds. The second-order valence-corrected chi connectivity index (χ2v) is 6.76. The monoisotopic (exact) mass is 279 g/mol. The first-order valence-corrected chi connectivity index (χ1v) is 7.64. The molecule has 0 saturated heterocycles. The van der Waals surface area contributed by atoms with Crippen LogP contribution in [-0.4, -0.2) is 20.5 Å². The number of hydrogen-bond acceptors (Lipinski definition) is 4. The molecular weight excluding hydrogens is 262 g/mol. The van der Waals surface area contributed by atoms with Crippen LogP contribution in [0.25, 0.3) is 0 Å². The van der Waals surface area contributed by atoms with E-state index < -0.39 is 15.6 Å². The molecule has 19 heavy (non-hydrogen) atoms. The number of hydrogen-bond donors (Lipinski definition) is 2. The Bertz CT molecular complexity index is 617. The van der Waals surface area contributed by atoms with Gasteiger partial charge in [0, 0.05) is 12.1 Å². The van der Waals surface area contributed by atoms with Crippen molar-refractivity contribution in [2.45, 2.75) is 30.2 Å². The fraction of sp³-hybridized carbons (Fsp3) is 0.462. The molecule has 0 aliphatic heterocycles. The van der Waals surface area contributed by atoms with Crippen LogP contribution in [0, 0.1) is 17.2 Å². The van der Waals surface area contributed by atoms with Crippen LogP contribution in [0.4, 0.5) is 0 Å². The Morgan fingerprint density at radius 2 is 2.11 bits per heavy atom. The highest BCUT2D eigenvalue weighted by Crippen LogP contribution is 2.39. The maximum absolute atomic E-state index is 12.4. The highest BCUT2D eigenvalue weighted by molar-refractivity contribution is 7.89. The van der Waals surface area contributed by atoms with Crippen LogP contribution in [-0.2, 0) is 10.0 Å². The molecule has 3 N–H and O–H groups in total. The van der Waals surface area contributed by atoms with Crippen LogP contribution in [0.5, 0.6) is 0 Å². The van der Waals surface area contributed by atoms with Crippen molar-refractivity contribution in [2.75, 3.05) is 6.54 Å². The fourth-order valence-corrected chi connectivity index (χ4v) is 3.80. The molecule has 0 spiro atoms. The summed E-state index contributed by atoms with van der Waals surface area (Å²) in [4.78, 5) is 0.0119. The molecule has 0 heterocycles. The summed E-state index contributed by atoms with van der Waals surface area (Å²) in [5.74, 6) is 0.279.